The van der Waals surface area contributed by atoms with E-state index in [0.29, 0.717) is 5.69 Å². The van der Waals surface area contributed by atoms with Crippen LogP contribution in [0.2, 0.25) is 0 Å². The van der Waals surface area contributed by atoms with Gasteiger partial charge in [-0.25, -0.2) is 17.9 Å². The number of amides is 3. The largest absolute Gasteiger partial charge is 0.340 e. The van der Waals surface area contributed by atoms with Gasteiger partial charge in [0.25, 0.3) is 10.0 Å². The van der Waals surface area contributed by atoms with E-state index in [2.05, 4.69) is 10.6 Å². The molecule has 0 unspecified atom stereocenters. The number of carbonyl (C=O) groups excluding carboxylic acids is 2. The van der Waals surface area contributed by atoms with E-state index in [4.69, 9.17) is 0 Å². The van der Waals surface area contributed by atoms with E-state index in [9.17, 15) is 18.0 Å². The van der Waals surface area contributed by atoms with Crippen LogP contribution in [-0.4, -0.2) is 27.4 Å². The maximum absolute atomic E-state index is 11.7. The van der Waals surface area contributed by atoms with Crippen LogP contribution in [0.15, 0.2) is 29.2 Å². The number of urea groups is 1. The van der Waals surface area contributed by atoms with Gasteiger partial charge >= 0.3 is 6.03 Å². The molecule has 0 saturated carbocycles. The molecule has 3 amide bonds. The lowest BCUT2D eigenvalue weighted by molar-refractivity contribution is -0.114. The Hall–Kier alpha value is -2.09. The van der Waals surface area contributed by atoms with Crippen LogP contribution in [0.1, 0.15) is 6.92 Å². The highest BCUT2D eigenvalue weighted by Crippen LogP contribution is 2.13. The molecule has 0 heterocycles. The van der Waals surface area contributed by atoms with Crippen LogP contribution in [0.3, 0.4) is 0 Å². The fraction of sp³-hybridized carbons (Fsp3) is 0.200. The summed E-state index contributed by atoms with van der Waals surface area (Å²) < 4.78 is 25.2. The Kier molecular flexibility index (Phi) is 4.27. The third-order valence-corrected chi connectivity index (χ3v) is 3.29. The van der Waals surface area contributed by atoms with Gasteiger partial charge in [-0.2, -0.15) is 0 Å². The highest BCUT2D eigenvalue weighted by atomic mass is 32.2. The maximum atomic E-state index is 11.7. The fourth-order valence-electron chi connectivity index (χ4n) is 1.15. The minimum absolute atomic E-state index is 0.0693. The normalized spacial score (nSPS) is 10.6. The van der Waals surface area contributed by atoms with Gasteiger partial charge in [0.05, 0.1) is 4.90 Å². The van der Waals surface area contributed by atoms with Gasteiger partial charge in [0.2, 0.25) is 5.91 Å². The van der Waals surface area contributed by atoms with Gasteiger partial charge in [-0.15, -0.1) is 0 Å². The number of hydrogen-bond acceptors (Lipinski definition) is 4. The van der Waals surface area contributed by atoms with Gasteiger partial charge in [0.15, 0.2) is 0 Å². The number of hydrogen-bond donors (Lipinski definition) is 3. The fourth-order valence-corrected chi connectivity index (χ4v) is 2.11. The van der Waals surface area contributed by atoms with Crippen molar-refractivity contribution < 1.29 is 18.0 Å². The zero-order chi connectivity index (χ0) is 13.8. The van der Waals surface area contributed by atoms with E-state index in [0.717, 1.165) is 0 Å². The molecule has 0 spiro atoms. The monoisotopic (exact) mass is 271 g/mol. The van der Waals surface area contributed by atoms with Crippen molar-refractivity contribution in [1.82, 2.24) is 10.0 Å². The third kappa shape index (κ3) is 3.74. The zero-order valence-corrected chi connectivity index (χ0v) is 10.7. The summed E-state index contributed by atoms with van der Waals surface area (Å²) in [7, 11) is -2.58. The van der Waals surface area contributed by atoms with Crippen LogP contribution in [0, 0.1) is 0 Å². The van der Waals surface area contributed by atoms with E-state index in [1.807, 2.05) is 4.72 Å². The van der Waals surface area contributed by atoms with E-state index in [-0.39, 0.29) is 10.8 Å². The first kappa shape index (κ1) is 14.0. The standard InChI is InChI=1S/C10H13N3O4S/c1-7(14)12-8-3-5-9(6-4-8)18(16,17)13-10(15)11-2/h3-6H,1-2H3,(H,12,14)(H2,11,13,15). The molecule has 0 aliphatic carbocycles. The minimum atomic E-state index is -3.89. The van der Waals surface area contributed by atoms with Crippen molar-refractivity contribution in [3.63, 3.8) is 0 Å². The summed E-state index contributed by atoms with van der Waals surface area (Å²) in [5, 5.41) is 4.64. The number of nitrogens with one attached hydrogen (secondary N) is 3. The summed E-state index contributed by atoms with van der Waals surface area (Å²) in [5.41, 5.74) is 0.474. The Morgan fingerprint density at radius 3 is 2.11 bits per heavy atom. The second kappa shape index (κ2) is 5.50. The van der Waals surface area contributed by atoms with Crippen molar-refractivity contribution in [2.24, 2.45) is 0 Å². The predicted octanol–water partition coefficient (Wildman–Crippen LogP) is 0.263. The summed E-state index contributed by atoms with van der Waals surface area (Å²) in [6, 6.07) is 4.62. The van der Waals surface area contributed by atoms with E-state index >= 15 is 0 Å². The van der Waals surface area contributed by atoms with Gasteiger partial charge in [0.1, 0.15) is 0 Å². The number of anilines is 1. The molecule has 98 valence electrons. The van der Waals surface area contributed by atoms with E-state index < -0.39 is 16.1 Å². The molecule has 0 atom stereocenters. The Morgan fingerprint density at radius 2 is 1.67 bits per heavy atom. The molecular formula is C10H13N3O4S. The Balaban J connectivity index is 2.90. The summed E-state index contributed by atoms with van der Waals surface area (Å²) >= 11 is 0. The van der Waals surface area contributed by atoms with Gasteiger partial charge in [0, 0.05) is 19.7 Å². The van der Waals surface area contributed by atoms with Crippen LogP contribution in [0.5, 0.6) is 0 Å². The molecule has 1 rings (SSSR count). The van der Waals surface area contributed by atoms with Gasteiger partial charge < -0.3 is 10.6 Å². The van der Waals surface area contributed by atoms with E-state index in [1.54, 1.807) is 0 Å². The number of carbonyl (C=O) groups is 2. The van der Waals surface area contributed by atoms with Crippen molar-refractivity contribution >= 4 is 27.6 Å². The Morgan fingerprint density at radius 1 is 1.11 bits per heavy atom. The molecule has 0 fully saturated rings. The Bertz CT molecular complexity index is 551. The van der Waals surface area contributed by atoms with Crippen molar-refractivity contribution in [2.75, 3.05) is 12.4 Å². The van der Waals surface area contributed by atoms with Crippen LogP contribution in [0.25, 0.3) is 0 Å². The van der Waals surface area contributed by atoms with Crippen molar-refractivity contribution in [2.45, 2.75) is 11.8 Å². The third-order valence-electron chi connectivity index (χ3n) is 1.94. The highest BCUT2D eigenvalue weighted by molar-refractivity contribution is 7.90. The van der Waals surface area contributed by atoms with E-state index in [1.165, 1.54) is 38.2 Å². The lowest BCUT2D eigenvalue weighted by atomic mass is 10.3. The first-order chi connectivity index (χ1) is 8.35. The van der Waals surface area contributed by atoms with Gasteiger partial charge in [-0.1, -0.05) is 0 Å². The molecule has 18 heavy (non-hydrogen) atoms. The molecular weight excluding hydrogens is 258 g/mol. The number of sulfonamides is 1. The lowest BCUT2D eigenvalue weighted by Crippen LogP contribution is -2.37. The molecule has 0 radical (unpaired) electrons. The predicted molar refractivity (Wildman–Crippen MR) is 65.5 cm³/mol. The summed E-state index contributed by atoms with van der Waals surface area (Å²) in [6.07, 6.45) is 0. The van der Waals surface area contributed by atoms with Crippen LogP contribution in [0.4, 0.5) is 10.5 Å². The van der Waals surface area contributed by atoms with Gasteiger partial charge in [-0.3, -0.25) is 4.79 Å². The summed E-state index contributed by atoms with van der Waals surface area (Å²) in [6.45, 7) is 1.35. The first-order valence-corrected chi connectivity index (χ1v) is 6.45. The average Bonchev–Trinajstić information content (AvgIpc) is 2.28. The topological polar surface area (TPSA) is 104 Å². The molecule has 1 aromatic rings. The molecule has 7 nitrogen and oxygen atoms in total. The molecule has 8 heteroatoms. The van der Waals surface area contributed by atoms with Gasteiger partial charge in [-0.05, 0) is 24.3 Å². The molecule has 0 aliphatic rings. The SMILES string of the molecule is CNC(=O)NS(=O)(=O)c1ccc(NC(C)=O)cc1. The van der Waals surface area contributed by atoms with Crippen LogP contribution < -0.4 is 15.4 Å². The first-order valence-electron chi connectivity index (χ1n) is 4.97. The molecule has 0 bridgehead atoms. The van der Waals surface area contributed by atoms with Crippen molar-refractivity contribution in [3.05, 3.63) is 24.3 Å². The molecule has 3 N–H and O–H groups in total. The quantitative estimate of drug-likeness (QED) is 0.733. The molecule has 0 aliphatic heterocycles. The molecule has 1 aromatic carbocycles. The molecule has 0 aromatic heterocycles. The Labute approximate surface area is 105 Å². The zero-order valence-electron chi connectivity index (χ0n) is 9.85. The summed E-state index contributed by atoms with van der Waals surface area (Å²) in [4.78, 5) is 21.7. The highest BCUT2D eigenvalue weighted by Gasteiger charge is 2.16. The smallest absolute Gasteiger partial charge is 0.328 e. The number of rotatable bonds is 3. The summed E-state index contributed by atoms with van der Waals surface area (Å²) in [5.74, 6) is -0.255. The number of benzene rings is 1. The van der Waals surface area contributed by atoms with Crippen LogP contribution >= 0.6 is 0 Å². The minimum Gasteiger partial charge on any atom is -0.340 e. The van der Waals surface area contributed by atoms with Crippen LogP contribution in [-0.2, 0) is 14.8 Å². The second-order valence-corrected chi connectivity index (χ2v) is 5.07. The second-order valence-electron chi connectivity index (χ2n) is 3.39. The van der Waals surface area contributed by atoms with Crippen molar-refractivity contribution in [1.29, 1.82) is 0 Å². The maximum Gasteiger partial charge on any atom is 0.328 e. The molecule has 0 saturated heterocycles. The lowest BCUT2D eigenvalue weighted by Gasteiger charge is -2.07. The van der Waals surface area contributed by atoms with Crippen molar-refractivity contribution in [3.8, 4) is 0 Å². The average molecular weight is 271 g/mol.